The van der Waals surface area contributed by atoms with Crippen LogP contribution in [0.4, 0.5) is 5.95 Å². The van der Waals surface area contributed by atoms with Crippen molar-refractivity contribution in [3.8, 4) is 5.88 Å². The number of nitrogens with zero attached hydrogens (tertiary/aromatic N) is 3. The van der Waals surface area contributed by atoms with Gasteiger partial charge in [0.2, 0.25) is 11.8 Å². The molecule has 1 aliphatic carbocycles. The molecule has 3 rings (SSSR count). The van der Waals surface area contributed by atoms with Gasteiger partial charge in [-0.05, 0) is 38.0 Å². The zero-order valence-corrected chi connectivity index (χ0v) is 12.7. The average molecular weight is 292 g/mol. The SMILES string of the molecule is COc1ccc2nc(N)n(C3CCC(SC)CC3)c2n1. The second kappa shape index (κ2) is 5.52. The summed E-state index contributed by atoms with van der Waals surface area (Å²) < 4.78 is 7.30. The summed E-state index contributed by atoms with van der Waals surface area (Å²) in [5.41, 5.74) is 7.79. The molecule has 6 heteroatoms. The highest BCUT2D eigenvalue weighted by Gasteiger charge is 2.25. The van der Waals surface area contributed by atoms with Crippen LogP contribution < -0.4 is 10.5 Å². The Morgan fingerprint density at radius 3 is 2.65 bits per heavy atom. The second-order valence-corrected chi connectivity index (χ2v) is 6.34. The summed E-state index contributed by atoms with van der Waals surface area (Å²) in [6.07, 6.45) is 6.93. The summed E-state index contributed by atoms with van der Waals surface area (Å²) >= 11 is 1.97. The number of ether oxygens (including phenoxy) is 1. The van der Waals surface area contributed by atoms with E-state index in [0.29, 0.717) is 17.9 Å². The van der Waals surface area contributed by atoms with Crippen LogP contribution in [0.2, 0.25) is 0 Å². The second-order valence-electron chi connectivity index (χ2n) is 5.20. The van der Waals surface area contributed by atoms with Gasteiger partial charge >= 0.3 is 0 Å². The Hall–Kier alpha value is -1.43. The van der Waals surface area contributed by atoms with Gasteiger partial charge in [0.25, 0.3) is 0 Å². The lowest BCUT2D eigenvalue weighted by atomic mass is 9.95. The van der Waals surface area contributed by atoms with Gasteiger partial charge in [-0.2, -0.15) is 16.7 Å². The van der Waals surface area contributed by atoms with Crippen LogP contribution in [-0.2, 0) is 0 Å². The summed E-state index contributed by atoms with van der Waals surface area (Å²) in [7, 11) is 1.63. The summed E-state index contributed by atoms with van der Waals surface area (Å²) in [6, 6.07) is 4.15. The lowest BCUT2D eigenvalue weighted by Crippen LogP contribution is -2.20. The Labute approximate surface area is 122 Å². The Morgan fingerprint density at radius 1 is 1.25 bits per heavy atom. The molecule has 1 fully saturated rings. The number of imidazole rings is 1. The fourth-order valence-electron chi connectivity index (χ4n) is 2.99. The van der Waals surface area contributed by atoms with Gasteiger partial charge in [-0.15, -0.1) is 0 Å². The molecule has 0 unspecified atom stereocenters. The molecule has 0 amide bonds. The van der Waals surface area contributed by atoms with E-state index in [4.69, 9.17) is 10.5 Å². The molecule has 2 aromatic heterocycles. The van der Waals surface area contributed by atoms with E-state index < -0.39 is 0 Å². The van der Waals surface area contributed by atoms with Crippen molar-refractivity contribution in [3.05, 3.63) is 12.1 Å². The molecule has 0 aromatic carbocycles. The molecule has 0 radical (unpaired) electrons. The van der Waals surface area contributed by atoms with Crippen LogP contribution in [0.5, 0.6) is 5.88 Å². The van der Waals surface area contributed by atoms with Crippen molar-refractivity contribution in [1.82, 2.24) is 14.5 Å². The summed E-state index contributed by atoms with van der Waals surface area (Å²) in [6.45, 7) is 0. The number of thioether (sulfide) groups is 1. The minimum atomic E-state index is 0.406. The maximum Gasteiger partial charge on any atom is 0.215 e. The normalized spacial score (nSPS) is 23.1. The van der Waals surface area contributed by atoms with Crippen LogP contribution in [0.3, 0.4) is 0 Å². The van der Waals surface area contributed by atoms with Crippen molar-refractivity contribution in [2.75, 3.05) is 19.1 Å². The van der Waals surface area contributed by atoms with E-state index >= 15 is 0 Å². The maximum absolute atomic E-state index is 6.11. The molecule has 0 aliphatic heterocycles. The number of hydrogen-bond donors (Lipinski definition) is 1. The fourth-order valence-corrected chi connectivity index (χ4v) is 3.73. The van der Waals surface area contributed by atoms with Crippen LogP contribution in [-0.4, -0.2) is 33.2 Å². The quantitative estimate of drug-likeness (QED) is 0.942. The number of hydrogen-bond acceptors (Lipinski definition) is 5. The summed E-state index contributed by atoms with van der Waals surface area (Å²) in [4.78, 5) is 8.94. The van der Waals surface area contributed by atoms with Crippen LogP contribution >= 0.6 is 11.8 Å². The largest absolute Gasteiger partial charge is 0.481 e. The van der Waals surface area contributed by atoms with E-state index in [1.54, 1.807) is 7.11 Å². The van der Waals surface area contributed by atoms with E-state index in [9.17, 15) is 0 Å². The molecule has 2 aromatic rings. The summed E-state index contributed by atoms with van der Waals surface area (Å²) in [5.74, 6) is 1.17. The fraction of sp³-hybridized carbons (Fsp3) is 0.571. The monoisotopic (exact) mass is 292 g/mol. The molecular formula is C14H20N4OS. The molecular weight excluding hydrogens is 272 g/mol. The molecule has 1 saturated carbocycles. The van der Waals surface area contributed by atoms with E-state index in [-0.39, 0.29) is 0 Å². The minimum absolute atomic E-state index is 0.406. The first-order valence-electron chi connectivity index (χ1n) is 6.94. The Kier molecular flexibility index (Phi) is 3.74. The summed E-state index contributed by atoms with van der Waals surface area (Å²) in [5, 5.41) is 0.782. The van der Waals surface area contributed by atoms with Crippen molar-refractivity contribution < 1.29 is 4.74 Å². The van der Waals surface area contributed by atoms with Gasteiger partial charge in [0.1, 0.15) is 5.52 Å². The lowest BCUT2D eigenvalue weighted by molar-refractivity contribution is 0.366. The van der Waals surface area contributed by atoms with Crippen LogP contribution in [0.1, 0.15) is 31.7 Å². The number of nitrogen functional groups attached to an aromatic ring is 1. The molecule has 5 nitrogen and oxygen atoms in total. The standard InChI is InChI=1S/C14H20N4OS/c1-19-12-8-7-11-13(17-12)18(14(15)16-11)9-3-5-10(20-2)6-4-9/h7-10H,3-6H2,1-2H3,(H2,15,16). The highest BCUT2D eigenvalue weighted by molar-refractivity contribution is 7.99. The molecule has 1 aliphatic rings. The van der Waals surface area contributed by atoms with Gasteiger partial charge in [-0.3, -0.25) is 4.57 Å². The number of aromatic nitrogens is 3. The van der Waals surface area contributed by atoms with Gasteiger partial charge in [0.05, 0.1) is 7.11 Å². The molecule has 0 atom stereocenters. The molecule has 20 heavy (non-hydrogen) atoms. The van der Waals surface area contributed by atoms with Gasteiger partial charge in [-0.25, -0.2) is 4.98 Å². The number of pyridine rings is 1. The minimum Gasteiger partial charge on any atom is -0.481 e. The zero-order chi connectivity index (χ0) is 14.1. The van der Waals surface area contributed by atoms with Gasteiger partial charge < -0.3 is 10.5 Å². The van der Waals surface area contributed by atoms with E-state index in [1.807, 2.05) is 23.9 Å². The Bertz CT molecular complexity index is 604. The van der Waals surface area contributed by atoms with Gasteiger partial charge in [-0.1, -0.05) is 0 Å². The third kappa shape index (κ3) is 2.32. The third-order valence-corrected chi connectivity index (χ3v) is 5.23. The molecule has 2 N–H and O–H groups in total. The predicted molar refractivity (Wildman–Crippen MR) is 83.3 cm³/mol. The molecule has 0 bridgehead atoms. The van der Waals surface area contributed by atoms with Crippen molar-refractivity contribution in [2.24, 2.45) is 0 Å². The van der Waals surface area contributed by atoms with Crippen molar-refractivity contribution in [3.63, 3.8) is 0 Å². The number of methoxy groups -OCH3 is 1. The maximum atomic E-state index is 6.11. The average Bonchev–Trinajstić information content (AvgIpc) is 2.82. The number of fused-ring (bicyclic) bond motifs is 1. The molecule has 0 saturated heterocycles. The highest BCUT2D eigenvalue weighted by atomic mass is 32.2. The third-order valence-electron chi connectivity index (χ3n) is 4.09. The highest BCUT2D eigenvalue weighted by Crippen LogP contribution is 2.36. The number of rotatable bonds is 3. The van der Waals surface area contributed by atoms with Gasteiger partial charge in [0, 0.05) is 17.4 Å². The van der Waals surface area contributed by atoms with Crippen molar-refractivity contribution in [1.29, 1.82) is 0 Å². The van der Waals surface area contributed by atoms with Crippen molar-refractivity contribution in [2.45, 2.75) is 37.0 Å². The molecule has 0 spiro atoms. The molecule has 108 valence electrons. The first kappa shape index (κ1) is 13.5. The smallest absolute Gasteiger partial charge is 0.215 e. The number of anilines is 1. The Morgan fingerprint density at radius 2 is 2.00 bits per heavy atom. The van der Waals surface area contributed by atoms with Gasteiger partial charge in [0.15, 0.2) is 5.65 Å². The van der Waals surface area contributed by atoms with E-state index in [2.05, 4.69) is 20.8 Å². The predicted octanol–water partition coefficient (Wildman–Crippen LogP) is 2.87. The lowest BCUT2D eigenvalue weighted by Gasteiger charge is -2.28. The molecule has 2 heterocycles. The topological polar surface area (TPSA) is 66.0 Å². The first-order chi connectivity index (χ1) is 9.72. The van der Waals surface area contributed by atoms with Crippen LogP contribution in [0.15, 0.2) is 12.1 Å². The first-order valence-corrected chi connectivity index (χ1v) is 8.23. The zero-order valence-electron chi connectivity index (χ0n) is 11.9. The van der Waals surface area contributed by atoms with Crippen LogP contribution in [0.25, 0.3) is 11.2 Å². The van der Waals surface area contributed by atoms with E-state index in [0.717, 1.165) is 29.3 Å². The van der Waals surface area contributed by atoms with Crippen LogP contribution in [0, 0.1) is 0 Å². The number of nitrogens with two attached hydrogens (primary N) is 1. The van der Waals surface area contributed by atoms with E-state index in [1.165, 1.54) is 12.8 Å². The van der Waals surface area contributed by atoms with Crippen molar-refractivity contribution >= 4 is 28.9 Å². The Balaban J connectivity index is 1.96.